The van der Waals surface area contributed by atoms with E-state index in [1.165, 1.54) is 0 Å². The molecule has 1 heterocycles. The van der Waals surface area contributed by atoms with Crippen molar-refractivity contribution in [2.75, 3.05) is 0 Å². The van der Waals surface area contributed by atoms with Crippen LogP contribution in [0.1, 0.15) is 26.3 Å². The second-order valence-electron chi connectivity index (χ2n) is 4.20. The average Bonchev–Trinajstić information content (AvgIpc) is 2.17. The Bertz CT molecular complexity index is 332. The van der Waals surface area contributed by atoms with Crippen LogP contribution in [0.2, 0.25) is 0 Å². The molecule has 0 aliphatic carbocycles. The SMILES string of the molecule is C=C(N[S+]([O-])C(C)(C)C)c1cccnc1. The van der Waals surface area contributed by atoms with Gasteiger partial charge >= 0.3 is 0 Å². The summed E-state index contributed by atoms with van der Waals surface area (Å²) in [5, 5.41) is 0. The highest BCUT2D eigenvalue weighted by Gasteiger charge is 2.27. The fraction of sp³-hybridized carbons (Fsp3) is 0.364. The standard InChI is InChI=1S/C11H16N2OS/c1-9(10-6-5-7-12-8-10)13-15(14)11(2,3)4/h5-8,13H,1H2,2-4H3. The highest BCUT2D eigenvalue weighted by Crippen LogP contribution is 2.17. The molecule has 3 nitrogen and oxygen atoms in total. The lowest BCUT2D eigenvalue weighted by Gasteiger charge is -2.24. The van der Waals surface area contributed by atoms with Crippen LogP contribution in [0.25, 0.3) is 5.70 Å². The van der Waals surface area contributed by atoms with Crippen molar-refractivity contribution in [1.29, 1.82) is 0 Å². The van der Waals surface area contributed by atoms with Crippen LogP contribution < -0.4 is 4.72 Å². The zero-order valence-electron chi connectivity index (χ0n) is 9.28. The number of aromatic nitrogens is 1. The number of hydrogen-bond donors (Lipinski definition) is 1. The van der Waals surface area contributed by atoms with E-state index in [0.29, 0.717) is 5.70 Å². The lowest BCUT2D eigenvalue weighted by atomic mass is 10.2. The molecule has 0 saturated carbocycles. The van der Waals surface area contributed by atoms with E-state index in [1.54, 1.807) is 12.4 Å². The maximum Gasteiger partial charge on any atom is 0.142 e. The van der Waals surface area contributed by atoms with Gasteiger partial charge in [0.2, 0.25) is 0 Å². The number of hydrogen-bond acceptors (Lipinski definition) is 3. The Morgan fingerprint density at radius 3 is 2.67 bits per heavy atom. The van der Waals surface area contributed by atoms with Gasteiger partial charge < -0.3 is 4.55 Å². The Labute approximate surface area is 93.9 Å². The van der Waals surface area contributed by atoms with E-state index in [0.717, 1.165) is 5.56 Å². The van der Waals surface area contributed by atoms with Crippen LogP contribution in [0.15, 0.2) is 31.1 Å². The second kappa shape index (κ2) is 4.68. The fourth-order valence-electron chi connectivity index (χ4n) is 0.865. The van der Waals surface area contributed by atoms with Gasteiger partial charge in [0.05, 0.1) is 17.1 Å². The Kier molecular flexibility index (Phi) is 3.77. The molecule has 0 aliphatic heterocycles. The third-order valence-electron chi connectivity index (χ3n) is 1.78. The molecule has 0 spiro atoms. The van der Waals surface area contributed by atoms with Crippen molar-refractivity contribution in [2.45, 2.75) is 25.5 Å². The molecule has 0 radical (unpaired) electrons. The third-order valence-corrected chi connectivity index (χ3v) is 3.33. The Hall–Kier alpha value is -1.00. The van der Waals surface area contributed by atoms with Gasteiger partial charge in [0.25, 0.3) is 0 Å². The lowest BCUT2D eigenvalue weighted by molar-refractivity contribution is 0.554. The van der Waals surface area contributed by atoms with Gasteiger partial charge in [-0.05, 0) is 32.9 Å². The first kappa shape index (κ1) is 12.1. The zero-order chi connectivity index (χ0) is 11.5. The fourth-order valence-corrected chi connectivity index (χ4v) is 1.51. The van der Waals surface area contributed by atoms with Crippen molar-refractivity contribution in [3.63, 3.8) is 0 Å². The van der Waals surface area contributed by atoms with E-state index in [9.17, 15) is 4.55 Å². The maximum absolute atomic E-state index is 11.8. The number of nitrogens with one attached hydrogen (secondary N) is 1. The summed E-state index contributed by atoms with van der Waals surface area (Å²) in [6.07, 6.45) is 3.38. The average molecular weight is 224 g/mol. The van der Waals surface area contributed by atoms with Gasteiger partial charge in [-0.3, -0.25) is 4.98 Å². The highest BCUT2D eigenvalue weighted by atomic mass is 32.2. The van der Waals surface area contributed by atoms with Crippen molar-refractivity contribution in [1.82, 2.24) is 9.71 Å². The van der Waals surface area contributed by atoms with E-state index in [-0.39, 0.29) is 4.75 Å². The van der Waals surface area contributed by atoms with Crippen LogP contribution >= 0.6 is 0 Å². The van der Waals surface area contributed by atoms with Gasteiger partial charge in [-0.15, -0.1) is 0 Å². The first-order valence-electron chi connectivity index (χ1n) is 4.69. The molecule has 1 rings (SSSR count). The van der Waals surface area contributed by atoms with Crippen molar-refractivity contribution in [2.24, 2.45) is 0 Å². The van der Waals surface area contributed by atoms with Gasteiger partial charge in [0.15, 0.2) is 0 Å². The summed E-state index contributed by atoms with van der Waals surface area (Å²) in [5.41, 5.74) is 1.49. The summed E-state index contributed by atoms with van der Waals surface area (Å²) >= 11 is -1.15. The summed E-state index contributed by atoms with van der Waals surface area (Å²) in [4.78, 5) is 3.98. The largest absolute Gasteiger partial charge is 0.593 e. The lowest BCUT2D eigenvalue weighted by Crippen LogP contribution is -2.38. The van der Waals surface area contributed by atoms with E-state index < -0.39 is 11.4 Å². The van der Waals surface area contributed by atoms with E-state index in [4.69, 9.17) is 0 Å². The van der Waals surface area contributed by atoms with E-state index >= 15 is 0 Å². The minimum Gasteiger partial charge on any atom is -0.593 e. The van der Waals surface area contributed by atoms with E-state index in [1.807, 2.05) is 32.9 Å². The molecule has 1 N–H and O–H groups in total. The van der Waals surface area contributed by atoms with Crippen molar-refractivity contribution in [3.05, 3.63) is 36.7 Å². The van der Waals surface area contributed by atoms with Gasteiger partial charge in [-0.1, -0.05) is 6.58 Å². The Balaban J connectivity index is 2.65. The molecule has 0 aromatic carbocycles. The van der Waals surface area contributed by atoms with Crippen LogP contribution in [-0.2, 0) is 11.4 Å². The molecule has 1 unspecified atom stereocenters. The topological polar surface area (TPSA) is 48.0 Å². The molecule has 0 saturated heterocycles. The van der Waals surface area contributed by atoms with Gasteiger partial charge in [-0.2, -0.15) is 0 Å². The van der Waals surface area contributed by atoms with Crippen molar-refractivity contribution in [3.8, 4) is 0 Å². The molecular weight excluding hydrogens is 208 g/mol. The summed E-state index contributed by atoms with van der Waals surface area (Å²) in [7, 11) is 0. The van der Waals surface area contributed by atoms with Crippen LogP contribution in [0.5, 0.6) is 0 Å². The van der Waals surface area contributed by atoms with Gasteiger partial charge in [0, 0.05) is 18.0 Å². The molecule has 1 aromatic rings. The maximum atomic E-state index is 11.8. The zero-order valence-corrected chi connectivity index (χ0v) is 10.1. The number of pyridine rings is 1. The molecule has 82 valence electrons. The predicted molar refractivity (Wildman–Crippen MR) is 64.3 cm³/mol. The van der Waals surface area contributed by atoms with Gasteiger partial charge in [0.1, 0.15) is 4.75 Å². The summed E-state index contributed by atoms with van der Waals surface area (Å²) < 4.78 is 14.3. The minimum absolute atomic E-state index is 0.300. The summed E-state index contributed by atoms with van der Waals surface area (Å²) in [5.74, 6) is 0. The number of nitrogens with zero attached hydrogens (tertiary/aromatic N) is 1. The van der Waals surface area contributed by atoms with Crippen molar-refractivity contribution >= 4 is 17.1 Å². The first-order valence-corrected chi connectivity index (χ1v) is 5.84. The van der Waals surface area contributed by atoms with E-state index in [2.05, 4.69) is 16.3 Å². The molecular formula is C11H16N2OS. The smallest absolute Gasteiger partial charge is 0.142 e. The molecule has 0 amide bonds. The van der Waals surface area contributed by atoms with Crippen LogP contribution in [0.4, 0.5) is 0 Å². The molecule has 0 aliphatic rings. The molecule has 15 heavy (non-hydrogen) atoms. The molecule has 0 bridgehead atoms. The first-order chi connectivity index (χ1) is 6.91. The van der Waals surface area contributed by atoms with Gasteiger partial charge in [-0.25, -0.2) is 4.72 Å². The van der Waals surface area contributed by atoms with Crippen LogP contribution in [0.3, 0.4) is 0 Å². The quantitative estimate of drug-likeness (QED) is 0.800. The van der Waals surface area contributed by atoms with Crippen LogP contribution in [0, 0.1) is 0 Å². The third kappa shape index (κ3) is 3.57. The summed E-state index contributed by atoms with van der Waals surface area (Å²) in [6, 6.07) is 3.70. The molecule has 4 heteroatoms. The second-order valence-corrected chi connectivity index (χ2v) is 6.17. The Morgan fingerprint density at radius 1 is 1.53 bits per heavy atom. The molecule has 0 fully saturated rings. The number of rotatable bonds is 3. The monoisotopic (exact) mass is 224 g/mol. The predicted octanol–water partition coefficient (Wildman–Crippen LogP) is 2.10. The highest BCUT2D eigenvalue weighted by molar-refractivity contribution is 7.91. The Morgan fingerprint density at radius 2 is 2.20 bits per heavy atom. The molecule has 1 aromatic heterocycles. The molecule has 1 atom stereocenters. The van der Waals surface area contributed by atoms with Crippen LogP contribution in [-0.4, -0.2) is 14.3 Å². The summed E-state index contributed by atoms with van der Waals surface area (Å²) in [6.45, 7) is 9.56. The normalized spacial score (nSPS) is 13.3. The van der Waals surface area contributed by atoms with Crippen molar-refractivity contribution < 1.29 is 4.55 Å². The minimum atomic E-state index is -1.15.